The van der Waals surface area contributed by atoms with Crippen molar-refractivity contribution in [2.45, 2.75) is 76.3 Å². The molecule has 1 unspecified atom stereocenters. The van der Waals surface area contributed by atoms with Crippen LogP contribution in [0.3, 0.4) is 0 Å². The highest BCUT2D eigenvalue weighted by molar-refractivity contribution is 5.91. The van der Waals surface area contributed by atoms with Crippen molar-refractivity contribution in [3.8, 4) is 0 Å². The van der Waals surface area contributed by atoms with E-state index in [1.54, 1.807) is 4.90 Å². The van der Waals surface area contributed by atoms with Gasteiger partial charge in [0.25, 0.3) is 0 Å². The smallest absolute Gasteiger partial charge is 0.242 e. The van der Waals surface area contributed by atoms with Gasteiger partial charge in [-0.2, -0.15) is 0 Å². The quantitative estimate of drug-likeness (QED) is 0.751. The fourth-order valence-corrected chi connectivity index (χ4v) is 5.70. The van der Waals surface area contributed by atoms with Gasteiger partial charge in [-0.1, -0.05) is 32.1 Å². The van der Waals surface area contributed by atoms with E-state index in [4.69, 9.17) is 0 Å². The second-order valence-corrected chi connectivity index (χ2v) is 9.35. The molecule has 2 heterocycles. The van der Waals surface area contributed by atoms with E-state index in [0.717, 1.165) is 25.9 Å². The van der Waals surface area contributed by atoms with Gasteiger partial charge in [0.1, 0.15) is 0 Å². The van der Waals surface area contributed by atoms with E-state index in [-0.39, 0.29) is 36.7 Å². The van der Waals surface area contributed by atoms with Crippen molar-refractivity contribution in [2.24, 2.45) is 5.92 Å². The molecular formula is C22H36N4O3. The molecule has 4 rings (SSSR count). The molecule has 7 nitrogen and oxygen atoms in total. The van der Waals surface area contributed by atoms with Gasteiger partial charge < -0.3 is 15.1 Å². The number of carbonyl (C=O) groups is 3. The zero-order valence-electron chi connectivity index (χ0n) is 17.6. The zero-order chi connectivity index (χ0) is 20.2. The van der Waals surface area contributed by atoms with Crippen molar-refractivity contribution in [1.82, 2.24) is 20.0 Å². The average molecular weight is 405 g/mol. The van der Waals surface area contributed by atoms with Crippen molar-refractivity contribution < 1.29 is 14.4 Å². The van der Waals surface area contributed by atoms with Gasteiger partial charge in [0.15, 0.2) is 0 Å². The first-order chi connectivity index (χ1) is 14.1. The number of hydrogen-bond donors (Lipinski definition) is 1. The number of rotatable bonds is 5. The predicted octanol–water partition coefficient (Wildman–Crippen LogP) is 1.37. The molecule has 0 radical (unpaired) electrons. The van der Waals surface area contributed by atoms with E-state index in [1.165, 1.54) is 44.9 Å². The van der Waals surface area contributed by atoms with Crippen molar-refractivity contribution >= 4 is 17.7 Å². The Morgan fingerprint density at radius 1 is 0.931 bits per heavy atom. The molecule has 0 aromatic heterocycles. The first-order valence-corrected chi connectivity index (χ1v) is 11.7. The zero-order valence-corrected chi connectivity index (χ0v) is 17.6. The molecule has 0 aromatic rings. The van der Waals surface area contributed by atoms with E-state index in [2.05, 4.69) is 10.2 Å². The maximum absolute atomic E-state index is 13.0. The summed E-state index contributed by atoms with van der Waals surface area (Å²) < 4.78 is 0. The van der Waals surface area contributed by atoms with Crippen LogP contribution in [0.2, 0.25) is 0 Å². The summed E-state index contributed by atoms with van der Waals surface area (Å²) in [5, 5.41) is 2.93. The Morgan fingerprint density at radius 3 is 2.38 bits per heavy atom. The summed E-state index contributed by atoms with van der Waals surface area (Å²) in [5.41, 5.74) is 0. The second kappa shape index (κ2) is 9.45. The Kier molecular flexibility index (Phi) is 6.73. The highest BCUT2D eigenvalue weighted by atomic mass is 16.2. The standard InChI is InChI=1S/C22H36N4O3/c27-20(25-12-13-26(21(28)16-25)18-8-4-5-9-18)14-19-22(29)23-10-11-24(19)15-17-6-2-1-3-7-17/h17-19H,1-16H2,(H,23,29). The average Bonchev–Trinajstić information content (AvgIpc) is 3.25. The van der Waals surface area contributed by atoms with Gasteiger partial charge in [-0.05, 0) is 31.6 Å². The summed E-state index contributed by atoms with van der Waals surface area (Å²) in [6, 6.07) is -0.0176. The largest absolute Gasteiger partial charge is 0.353 e. The van der Waals surface area contributed by atoms with Crippen LogP contribution >= 0.6 is 0 Å². The van der Waals surface area contributed by atoms with E-state index in [9.17, 15) is 14.4 Å². The minimum Gasteiger partial charge on any atom is -0.353 e. The van der Waals surface area contributed by atoms with Gasteiger partial charge in [-0.25, -0.2) is 0 Å². The van der Waals surface area contributed by atoms with Crippen molar-refractivity contribution in [2.75, 3.05) is 39.3 Å². The van der Waals surface area contributed by atoms with E-state index >= 15 is 0 Å². The number of amides is 3. The number of nitrogens with zero attached hydrogens (tertiary/aromatic N) is 3. The van der Waals surface area contributed by atoms with Crippen LogP contribution in [-0.4, -0.2) is 83.8 Å². The molecule has 29 heavy (non-hydrogen) atoms. The fraction of sp³-hybridized carbons (Fsp3) is 0.864. The lowest BCUT2D eigenvalue weighted by Crippen LogP contribution is -2.59. The van der Waals surface area contributed by atoms with E-state index in [1.807, 2.05) is 4.90 Å². The number of piperazine rings is 2. The van der Waals surface area contributed by atoms with Gasteiger partial charge >= 0.3 is 0 Å². The van der Waals surface area contributed by atoms with Crippen molar-refractivity contribution in [1.29, 1.82) is 0 Å². The van der Waals surface area contributed by atoms with Gasteiger partial charge in [-0.3, -0.25) is 19.3 Å². The lowest BCUT2D eigenvalue weighted by atomic mass is 9.88. The minimum atomic E-state index is -0.388. The maximum atomic E-state index is 13.0. The number of hydrogen-bond acceptors (Lipinski definition) is 4. The number of nitrogens with one attached hydrogen (secondary N) is 1. The number of carbonyl (C=O) groups excluding carboxylic acids is 3. The topological polar surface area (TPSA) is 73.0 Å². The van der Waals surface area contributed by atoms with Gasteiger partial charge in [-0.15, -0.1) is 0 Å². The third-order valence-corrected chi connectivity index (χ3v) is 7.40. The van der Waals surface area contributed by atoms with Gasteiger partial charge in [0, 0.05) is 38.8 Å². The molecule has 0 aromatic carbocycles. The van der Waals surface area contributed by atoms with Gasteiger partial charge in [0.2, 0.25) is 17.7 Å². The Balaban J connectivity index is 1.33. The molecule has 2 saturated carbocycles. The Labute approximate surface area is 174 Å². The minimum absolute atomic E-state index is 0.0312. The summed E-state index contributed by atoms with van der Waals surface area (Å²) in [6.07, 6.45) is 11.1. The predicted molar refractivity (Wildman–Crippen MR) is 110 cm³/mol. The first-order valence-electron chi connectivity index (χ1n) is 11.7. The van der Waals surface area contributed by atoms with E-state index in [0.29, 0.717) is 31.6 Å². The van der Waals surface area contributed by atoms with Gasteiger partial charge in [0.05, 0.1) is 19.0 Å². The highest BCUT2D eigenvalue weighted by Crippen LogP contribution is 2.27. The molecule has 2 aliphatic heterocycles. The monoisotopic (exact) mass is 404 g/mol. The van der Waals surface area contributed by atoms with Crippen molar-refractivity contribution in [3.63, 3.8) is 0 Å². The van der Waals surface area contributed by atoms with Crippen LogP contribution in [0.15, 0.2) is 0 Å². The molecule has 7 heteroatoms. The Bertz CT molecular complexity index is 613. The highest BCUT2D eigenvalue weighted by Gasteiger charge is 2.37. The molecular weight excluding hydrogens is 368 g/mol. The lowest BCUT2D eigenvalue weighted by molar-refractivity contribution is -0.148. The summed E-state index contributed by atoms with van der Waals surface area (Å²) in [5.74, 6) is 0.629. The third-order valence-electron chi connectivity index (χ3n) is 7.40. The molecule has 2 aliphatic carbocycles. The maximum Gasteiger partial charge on any atom is 0.242 e. The summed E-state index contributed by atoms with van der Waals surface area (Å²) in [4.78, 5) is 44.0. The molecule has 0 spiro atoms. The Morgan fingerprint density at radius 2 is 1.66 bits per heavy atom. The second-order valence-electron chi connectivity index (χ2n) is 9.35. The lowest BCUT2D eigenvalue weighted by Gasteiger charge is -2.40. The van der Waals surface area contributed by atoms with Crippen LogP contribution in [-0.2, 0) is 14.4 Å². The molecule has 3 amide bonds. The SMILES string of the molecule is O=C1NCCN(CC2CCCCC2)C1CC(=O)N1CCN(C2CCCC2)C(=O)C1. The first kappa shape index (κ1) is 20.6. The third kappa shape index (κ3) is 4.93. The molecule has 4 aliphatic rings. The van der Waals surface area contributed by atoms with Crippen LogP contribution in [0, 0.1) is 5.92 Å². The van der Waals surface area contributed by atoms with Crippen LogP contribution in [0.1, 0.15) is 64.2 Å². The Hall–Kier alpha value is -1.63. The fourth-order valence-electron chi connectivity index (χ4n) is 5.70. The molecule has 162 valence electrons. The van der Waals surface area contributed by atoms with Crippen LogP contribution in [0.25, 0.3) is 0 Å². The summed E-state index contributed by atoms with van der Waals surface area (Å²) in [6.45, 7) is 3.80. The molecule has 1 atom stereocenters. The summed E-state index contributed by atoms with van der Waals surface area (Å²) in [7, 11) is 0. The van der Waals surface area contributed by atoms with Crippen molar-refractivity contribution in [3.05, 3.63) is 0 Å². The van der Waals surface area contributed by atoms with Crippen LogP contribution in [0.4, 0.5) is 0 Å². The molecule has 2 saturated heterocycles. The molecule has 1 N–H and O–H groups in total. The normalized spacial score (nSPS) is 28.1. The summed E-state index contributed by atoms with van der Waals surface area (Å²) >= 11 is 0. The van der Waals surface area contributed by atoms with E-state index < -0.39 is 0 Å². The van der Waals surface area contributed by atoms with Crippen LogP contribution < -0.4 is 5.32 Å². The molecule has 0 bridgehead atoms. The van der Waals surface area contributed by atoms with Crippen LogP contribution in [0.5, 0.6) is 0 Å². The molecule has 4 fully saturated rings.